The molecule has 7 nitrogen and oxygen atoms in total. The fourth-order valence-electron chi connectivity index (χ4n) is 4.84. The van der Waals surface area contributed by atoms with Gasteiger partial charge in [-0.15, -0.1) is 0 Å². The summed E-state index contributed by atoms with van der Waals surface area (Å²) in [5.41, 5.74) is 1.63. The lowest BCUT2D eigenvalue weighted by Gasteiger charge is -2.29. The maximum Gasteiger partial charge on any atom is 0.268 e. The van der Waals surface area contributed by atoms with E-state index >= 15 is 0 Å². The second-order valence-corrected chi connectivity index (χ2v) is 10.5. The predicted octanol–water partition coefficient (Wildman–Crippen LogP) is 2.28. The Hall–Kier alpha value is -1.38. The largest absolute Gasteiger partial charge is 0.349 e. The molecular formula is C21H36N4O3S. The summed E-state index contributed by atoms with van der Waals surface area (Å²) in [5, 5.41) is 3.05. The van der Waals surface area contributed by atoms with Crippen LogP contribution < -0.4 is 5.32 Å². The molecule has 0 radical (unpaired) electrons. The molecular weight excluding hydrogens is 388 g/mol. The molecule has 2 saturated heterocycles. The van der Waals surface area contributed by atoms with Crippen LogP contribution in [0.2, 0.25) is 0 Å². The zero-order valence-electron chi connectivity index (χ0n) is 18.5. The third-order valence-electron chi connectivity index (χ3n) is 6.82. The molecule has 1 amide bonds. The first-order valence-corrected chi connectivity index (χ1v) is 12.3. The number of likely N-dealkylation sites (tertiary alicyclic amines) is 1. The molecule has 0 bridgehead atoms. The summed E-state index contributed by atoms with van der Waals surface area (Å²) in [4.78, 5) is 15.7. The van der Waals surface area contributed by atoms with E-state index in [1.807, 2.05) is 0 Å². The highest BCUT2D eigenvalue weighted by molar-refractivity contribution is 7.89. The maximum atomic E-state index is 13.3. The smallest absolute Gasteiger partial charge is 0.268 e. The van der Waals surface area contributed by atoms with Gasteiger partial charge in [0.05, 0.1) is 0 Å². The van der Waals surface area contributed by atoms with Crippen LogP contribution >= 0.6 is 0 Å². The van der Waals surface area contributed by atoms with Crippen LogP contribution in [0.4, 0.5) is 0 Å². The predicted molar refractivity (Wildman–Crippen MR) is 115 cm³/mol. The molecule has 1 aromatic heterocycles. The number of piperidine rings is 1. The summed E-state index contributed by atoms with van der Waals surface area (Å²) in [7, 11) is -1.82. The maximum absolute atomic E-state index is 13.3. The molecule has 2 aliphatic heterocycles. The van der Waals surface area contributed by atoms with E-state index in [4.69, 9.17) is 0 Å². The van der Waals surface area contributed by atoms with Crippen molar-refractivity contribution in [2.24, 2.45) is 13.0 Å². The molecule has 0 aliphatic carbocycles. The fourth-order valence-corrected chi connectivity index (χ4v) is 6.79. The quantitative estimate of drug-likeness (QED) is 0.760. The minimum absolute atomic E-state index is 0.190. The van der Waals surface area contributed by atoms with Gasteiger partial charge in [-0.2, -0.15) is 4.31 Å². The van der Waals surface area contributed by atoms with Crippen molar-refractivity contribution in [3.63, 3.8) is 0 Å². The Bertz CT molecular complexity index is 854. The number of hydrogen-bond acceptors (Lipinski definition) is 4. The van der Waals surface area contributed by atoms with Crippen molar-refractivity contribution in [1.29, 1.82) is 0 Å². The highest BCUT2D eigenvalue weighted by atomic mass is 32.2. The zero-order chi connectivity index (χ0) is 21.3. The van der Waals surface area contributed by atoms with Crippen molar-refractivity contribution in [2.75, 3.05) is 32.7 Å². The van der Waals surface area contributed by atoms with Gasteiger partial charge in [0.15, 0.2) is 0 Å². The first kappa shape index (κ1) is 22.3. The van der Waals surface area contributed by atoms with Crippen molar-refractivity contribution >= 4 is 15.9 Å². The third-order valence-corrected chi connectivity index (χ3v) is 8.98. The van der Waals surface area contributed by atoms with E-state index in [1.54, 1.807) is 29.8 Å². The van der Waals surface area contributed by atoms with Gasteiger partial charge in [-0.3, -0.25) is 9.69 Å². The van der Waals surface area contributed by atoms with Crippen LogP contribution in [0.25, 0.3) is 0 Å². The number of likely N-dealkylation sites (N-methyl/N-ethyl adjacent to an activating group) is 1. The molecule has 2 aliphatic rings. The molecule has 0 saturated carbocycles. The van der Waals surface area contributed by atoms with Gasteiger partial charge >= 0.3 is 0 Å². The van der Waals surface area contributed by atoms with E-state index in [9.17, 15) is 13.2 Å². The van der Waals surface area contributed by atoms with Gasteiger partial charge in [0.25, 0.3) is 5.91 Å². The number of carbonyl (C=O) groups is 1. The van der Waals surface area contributed by atoms with Crippen LogP contribution in [-0.2, 0) is 17.1 Å². The van der Waals surface area contributed by atoms with Crippen LogP contribution in [0.1, 0.15) is 61.3 Å². The van der Waals surface area contributed by atoms with E-state index in [2.05, 4.69) is 24.1 Å². The fraction of sp³-hybridized carbons (Fsp3) is 0.762. The minimum Gasteiger partial charge on any atom is -0.349 e. The summed E-state index contributed by atoms with van der Waals surface area (Å²) in [6.45, 7) is 11.6. The highest BCUT2D eigenvalue weighted by Crippen LogP contribution is 2.31. The molecule has 1 aromatic rings. The van der Waals surface area contributed by atoms with Gasteiger partial charge in [0.1, 0.15) is 10.6 Å². The lowest BCUT2D eigenvalue weighted by molar-refractivity contribution is 0.0932. The number of aromatic nitrogens is 1. The highest BCUT2D eigenvalue weighted by Gasteiger charge is 2.35. The average molecular weight is 425 g/mol. The van der Waals surface area contributed by atoms with Gasteiger partial charge in [0, 0.05) is 44.0 Å². The SMILES string of the molecule is CCN1CCC[C@H]1CNC(=O)c1c(C)c(S(=O)(=O)N2CCC(C)CC2)c(C)n1C. The van der Waals surface area contributed by atoms with Crippen LogP contribution in [0.15, 0.2) is 4.90 Å². The molecule has 3 heterocycles. The van der Waals surface area contributed by atoms with E-state index in [0.29, 0.717) is 53.4 Å². The third kappa shape index (κ3) is 4.25. The Balaban J connectivity index is 1.82. The molecule has 8 heteroatoms. The van der Waals surface area contributed by atoms with Gasteiger partial charge < -0.3 is 9.88 Å². The Morgan fingerprint density at radius 1 is 1.14 bits per heavy atom. The van der Waals surface area contributed by atoms with Gasteiger partial charge in [-0.25, -0.2) is 8.42 Å². The van der Waals surface area contributed by atoms with Gasteiger partial charge in [0.2, 0.25) is 10.0 Å². The van der Waals surface area contributed by atoms with E-state index < -0.39 is 10.0 Å². The Morgan fingerprint density at radius 2 is 1.79 bits per heavy atom. The van der Waals surface area contributed by atoms with Crippen LogP contribution in [0.5, 0.6) is 0 Å². The van der Waals surface area contributed by atoms with Gasteiger partial charge in [-0.05, 0) is 58.5 Å². The summed E-state index contributed by atoms with van der Waals surface area (Å²) in [5.74, 6) is 0.365. The molecule has 0 unspecified atom stereocenters. The van der Waals surface area contributed by atoms with E-state index in [1.165, 1.54) is 0 Å². The minimum atomic E-state index is -3.60. The van der Waals surface area contributed by atoms with Crippen molar-refractivity contribution in [2.45, 2.75) is 64.3 Å². The number of amides is 1. The lowest BCUT2D eigenvalue weighted by atomic mass is 10.0. The summed E-state index contributed by atoms with van der Waals surface area (Å²) < 4.78 is 30.0. The van der Waals surface area contributed by atoms with Crippen LogP contribution in [0.3, 0.4) is 0 Å². The van der Waals surface area contributed by atoms with Crippen molar-refractivity contribution in [1.82, 2.24) is 19.1 Å². The second-order valence-electron chi connectivity index (χ2n) is 8.67. The number of rotatable bonds is 6. The number of carbonyl (C=O) groups excluding carboxylic acids is 1. The molecule has 29 heavy (non-hydrogen) atoms. The average Bonchev–Trinajstić information content (AvgIpc) is 3.22. The lowest BCUT2D eigenvalue weighted by Crippen LogP contribution is -2.40. The number of sulfonamides is 1. The normalized spacial score (nSPS) is 22.3. The standard InChI is InChI=1S/C21H36N4O3S/c1-6-24-11-7-8-18(24)14-22-21(26)19-16(3)20(17(4)23(19)5)29(27,28)25-12-9-15(2)10-13-25/h15,18H,6-14H2,1-5H3,(H,22,26)/t18-/m0/s1. The van der Waals surface area contributed by atoms with Crippen molar-refractivity contribution in [3.05, 3.63) is 17.0 Å². The Kier molecular flexibility index (Phi) is 6.75. The topological polar surface area (TPSA) is 74.7 Å². The van der Waals surface area contributed by atoms with Crippen molar-refractivity contribution < 1.29 is 13.2 Å². The molecule has 2 fully saturated rings. The molecule has 164 valence electrons. The van der Waals surface area contributed by atoms with E-state index in [0.717, 1.165) is 38.8 Å². The number of nitrogens with one attached hydrogen (secondary N) is 1. The zero-order valence-corrected chi connectivity index (χ0v) is 19.3. The second kappa shape index (κ2) is 8.78. The molecule has 0 spiro atoms. The number of nitrogens with zero attached hydrogens (tertiary/aromatic N) is 3. The first-order chi connectivity index (χ1) is 13.7. The first-order valence-electron chi connectivity index (χ1n) is 10.9. The van der Waals surface area contributed by atoms with E-state index in [-0.39, 0.29) is 5.91 Å². The molecule has 3 rings (SSSR count). The summed E-state index contributed by atoms with van der Waals surface area (Å²) in [6.07, 6.45) is 4.01. The summed E-state index contributed by atoms with van der Waals surface area (Å²) in [6, 6.07) is 0.365. The number of hydrogen-bond donors (Lipinski definition) is 1. The molecule has 1 N–H and O–H groups in total. The van der Waals surface area contributed by atoms with Crippen molar-refractivity contribution in [3.8, 4) is 0 Å². The Morgan fingerprint density at radius 3 is 2.41 bits per heavy atom. The monoisotopic (exact) mass is 424 g/mol. The van der Waals surface area contributed by atoms with Crippen LogP contribution in [-0.4, -0.2) is 66.9 Å². The molecule has 1 atom stereocenters. The summed E-state index contributed by atoms with van der Waals surface area (Å²) >= 11 is 0. The van der Waals surface area contributed by atoms with Crippen LogP contribution in [0, 0.1) is 19.8 Å². The Labute approximate surface area is 175 Å². The van der Waals surface area contributed by atoms with Gasteiger partial charge in [-0.1, -0.05) is 13.8 Å². The molecule has 0 aromatic carbocycles.